The molecule has 144 valence electrons. The second-order valence-electron chi connectivity index (χ2n) is 6.98. The monoisotopic (exact) mass is 395 g/mol. The van der Waals surface area contributed by atoms with E-state index in [9.17, 15) is 9.59 Å². The van der Waals surface area contributed by atoms with Crippen LogP contribution < -0.4 is 5.43 Å². The van der Waals surface area contributed by atoms with Crippen LogP contribution in [0.2, 0.25) is 5.02 Å². The fourth-order valence-corrected chi connectivity index (χ4v) is 3.20. The molecule has 2 aromatic carbocycles. The minimum Gasteiger partial charge on any atom is -0.336 e. The zero-order valence-corrected chi connectivity index (χ0v) is 17.1. The van der Waals surface area contributed by atoms with Gasteiger partial charge in [0.2, 0.25) is 5.43 Å². The molecule has 0 spiro atoms. The number of carbonyl (C=O) groups excluding carboxylic acids is 1. The van der Waals surface area contributed by atoms with E-state index in [0.29, 0.717) is 17.3 Å². The first-order chi connectivity index (χ1) is 13.3. The highest BCUT2D eigenvalue weighted by atomic mass is 35.5. The van der Waals surface area contributed by atoms with Crippen LogP contribution in [0.4, 0.5) is 0 Å². The van der Waals surface area contributed by atoms with E-state index in [2.05, 4.69) is 11.2 Å². The lowest BCUT2D eigenvalue weighted by molar-refractivity contribution is 0.0775. The van der Waals surface area contributed by atoms with Crippen LogP contribution in [-0.2, 0) is 6.54 Å². The van der Waals surface area contributed by atoms with Gasteiger partial charge in [-0.2, -0.15) is 5.10 Å². The molecule has 5 nitrogen and oxygen atoms in total. The summed E-state index contributed by atoms with van der Waals surface area (Å²) in [6.45, 7) is 6.22. The Morgan fingerprint density at radius 1 is 1.07 bits per heavy atom. The van der Waals surface area contributed by atoms with Crippen molar-refractivity contribution in [1.82, 2.24) is 14.7 Å². The molecule has 1 amide bonds. The number of nitrogens with zero attached hydrogens (tertiary/aromatic N) is 3. The molecule has 3 rings (SSSR count). The number of rotatable bonds is 4. The minimum atomic E-state index is -0.410. The number of aryl methyl sites for hydroxylation is 3. The van der Waals surface area contributed by atoms with Gasteiger partial charge < -0.3 is 4.90 Å². The Bertz CT molecular complexity index is 1090. The number of benzene rings is 2. The van der Waals surface area contributed by atoms with Crippen LogP contribution in [0.25, 0.3) is 5.69 Å². The quantitative estimate of drug-likeness (QED) is 0.668. The van der Waals surface area contributed by atoms with Crippen molar-refractivity contribution in [2.24, 2.45) is 0 Å². The zero-order chi connectivity index (χ0) is 20.4. The third-order valence-corrected chi connectivity index (χ3v) is 4.89. The van der Waals surface area contributed by atoms with E-state index >= 15 is 0 Å². The van der Waals surface area contributed by atoms with Crippen molar-refractivity contribution in [3.05, 3.63) is 91.9 Å². The van der Waals surface area contributed by atoms with E-state index in [4.69, 9.17) is 11.6 Å². The topological polar surface area (TPSA) is 55.2 Å². The molecule has 0 aliphatic rings. The molecule has 0 atom stereocenters. The zero-order valence-electron chi connectivity index (χ0n) is 16.4. The van der Waals surface area contributed by atoms with Crippen molar-refractivity contribution in [2.45, 2.75) is 27.3 Å². The van der Waals surface area contributed by atoms with Gasteiger partial charge in [0.05, 0.1) is 5.69 Å². The maximum absolute atomic E-state index is 12.9. The van der Waals surface area contributed by atoms with Gasteiger partial charge in [-0.05, 0) is 56.2 Å². The summed E-state index contributed by atoms with van der Waals surface area (Å²) in [5.41, 5.74) is 4.19. The first-order valence-electron chi connectivity index (χ1n) is 8.95. The second kappa shape index (κ2) is 7.98. The Morgan fingerprint density at radius 2 is 1.75 bits per heavy atom. The largest absolute Gasteiger partial charge is 0.336 e. The third-order valence-electron chi connectivity index (χ3n) is 4.63. The Kier molecular flexibility index (Phi) is 5.66. The molecule has 0 saturated heterocycles. The molecule has 28 heavy (non-hydrogen) atoms. The molecule has 6 heteroatoms. The Morgan fingerprint density at radius 3 is 2.39 bits per heavy atom. The summed E-state index contributed by atoms with van der Waals surface area (Å²) in [7, 11) is 1.68. The summed E-state index contributed by atoms with van der Waals surface area (Å²) in [4.78, 5) is 26.9. The summed E-state index contributed by atoms with van der Waals surface area (Å²) in [5, 5.41) is 4.94. The predicted octanol–water partition coefficient (Wildman–Crippen LogP) is 4.08. The van der Waals surface area contributed by atoms with Gasteiger partial charge in [-0.3, -0.25) is 9.59 Å². The van der Waals surface area contributed by atoms with E-state index in [0.717, 1.165) is 16.8 Å². The van der Waals surface area contributed by atoms with Gasteiger partial charge in [-0.25, -0.2) is 4.68 Å². The fourth-order valence-electron chi connectivity index (χ4n) is 3.07. The summed E-state index contributed by atoms with van der Waals surface area (Å²) in [6, 6.07) is 14.6. The van der Waals surface area contributed by atoms with Crippen LogP contribution in [0.1, 0.15) is 32.9 Å². The van der Waals surface area contributed by atoms with Crippen molar-refractivity contribution in [2.75, 3.05) is 7.05 Å². The first kappa shape index (κ1) is 19.8. The molecule has 0 aliphatic heterocycles. The molecular weight excluding hydrogens is 374 g/mol. The van der Waals surface area contributed by atoms with E-state index in [1.165, 1.54) is 16.5 Å². The maximum Gasteiger partial charge on any atom is 0.278 e. The number of carbonyl (C=O) groups is 1. The Hall–Kier alpha value is -2.92. The third kappa shape index (κ3) is 4.15. The normalized spacial score (nSPS) is 10.8. The number of halogens is 1. The van der Waals surface area contributed by atoms with Gasteiger partial charge in [0, 0.05) is 30.4 Å². The van der Waals surface area contributed by atoms with Crippen molar-refractivity contribution >= 4 is 17.5 Å². The van der Waals surface area contributed by atoms with E-state index < -0.39 is 5.91 Å². The highest BCUT2D eigenvalue weighted by molar-refractivity contribution is 6.30. The standard InChI is InChI=1S/C22H22ClN3O2/c1-14-5-6-17(15(2)11-14)13-25(4)22(28)21-20(27)12-16(3)26(24-21)19-9-7-18(23)8-10-19/h5-12H,13H2,1-4H3. The van der Waals surface area contributed by atoms with Gasteiger partial charge in [-0.15, -0.1) is 0 Å². The summed E-state index contributed by atoms with van der Waals surface area (Å²) < 4.78 is 1.58. The van der Waals surface area contributed by atoms with Crippen LogP contribution >= 0.6 is 11.6 Å². The van der Waals surface area contributed by atoms with Gasteiger partial charge in [-0.1, -0.05) is 35.4 Å². The van der Waals surface area contributed by atoms with Crippen LogP contribution in [0.3, 0.4) is 0 Å². The smallest absolute Gasteiger partial charge is 0.278 e. The molecule has 3 aromatic rings. The van der Waals surface area contributed by atoms with Gasteiger partial charge in [0.1, 0.15) is 0 Å². The van der Waals surface area contributed by atoms with Crippen LogP contribution in [0.5, 0.6) is 0 Å². The van der Waals surface area contributed by atoms with E-state index in [-0.39, 0.29) is 11.1 Å². The molecular formula is C22H22ClN3O2. The Labute approximate surface area is 169 Å². The lowest BCUT2D eigenvalue weighted by Crippen LogP contribution is -2.33. The first-order valence-corrected chi connectivity index (χ1v) is 9.32. The molecule has 0 N–H and O–H groups in total. The highest BCUT2D eigenvalue weighted by Gasteiger charge is 2.20. The van der Waals surface area contributed by atoms with Gasteiger partial charge >= 0.3 is 0 Å². The number of amides is 1. The summed E-state index contributed by atoms with van der Waals surface area (Å²) >= 11 is 5.95. The minimum absolute atomic E-state index is 0.104. The van der Waals surface area contributed by atoms with Gasteiger partial charge in [0.25, 0.3) is 5.91 Å². The SMILES string of the molecule is Cc1ccc(CN(C)C(=O)c2nn(-c3ccc(Cl)cc3)c(C)cc2=O)c(C)c1. The van der Waals surface area contributed by atoms with Crippen LogP contribution in [0.15, 0.2) is 53.3 Å². The summed E-state index contributed by atoms with van der Waals surface area (Å²) in [5.74, 6) is -0.410. The lowest BCUT2D eigenvalue weighted by Gasteiger charge is -2.19. The number of hydrogen-bond acceptors (Lipinski definition) is 3. The van der Waals surface area contributed by atoms with E-state index in [1.54, 1.807) is 42.9 Å². The molecule has 1 aromatic heterocycles. The number of aromatic nitrogens is 2. The van der Waals surface area contributed by atoms with Crippen molar-refractivity contribution in [3.63, 3.8) is 0 Å². The molecule has 0 bridgehead atoms. The van der Waals surface area contributed by atoms with Crippen molar-refractivity contribution in [1.29, 1.82) is 0 Å². The molecule has 0 saturated carbocycles. The highest BCUT2D eigenvalue weighted by Crippen LogP contribution is 2.15. The molecule has 1 heterocycles. The van der Waals surface area contributed by atoms with Crippen molar-refractivity contribution in [3.8, 4) is 5.69 Å². The van der Waals surface area contributed by atoms with Gasteiger partial charge in [0.15, 0.2) is 5.69 Å². The fraction of sp³-hybridized carbons (Fsp3) is 0.227. The summed E-state index contributed by atoms with van der Waals surface area (Å²) in [6.07, 6.45) is 0. The molecule has 0 aliphatic carbocycles. The lowest BCUT2D eigenvalue weighted by atomic mass is 10.1. The average Bonchev–Trinajstić information content (AvgIpc) is 2.64. The predicted molar refractivity (Wildman–Crippen MR) is 111 cm³/mol. The molecule has 0 unspecified atom stereocenters. The molecule has 0 radical (unpaired) electrons. The van der Waals surface area contributed by atoms with E-state index in [1.807, 2.05) is 26.0 Å². The maximum atomic E-state index is 12.9. The van der Waals surface area contributed by atoms with Crippen LogP contribution in [0, 0.1) is 20.8 Å². The molecule has 0 fully saturated rings. The second-order valence-corrected chi connectivity index (χ2v) is 7.41. The van der Waals surface area contributed by atoms with Crippen LogP contribution in [-0.4, -0.2) is 27.6 Å². The Balaban J connectivity index is 1.93. The van der Waals surface area contributed by atoms with Crippen molar-refractivity contribution < 1.29 is 4.79 Å². The average molecular weight is 396 g/mol. The number of hydrogen-bond donors (Lipinski definition) is 0.